The maximum absolute atomic E-state index is 5.73. The van der Waals surface area contributed by atoms with Crippen molar-refractivity contribution in [1.82, 2.24) is 9.55 Å². The predicted molar refractivity (Wildman–Crippen MR) is 88.0 cm³/mol. The minimum Gasteiger partial charge on any atom is -0.446 e. The van der Waals surface area contributed by atoms with E-state index in [9.17, 15) is 0 Å². The van der Waals surface area contributed by atoms with E-state index in [1.807, 2.05) is 24.3 Å². The summed E-state index contributed by atoms with van der Waals surface area (Å²) in [5, 5.41) is 0. The van der Waals surface area contributed by atoms with Crippen molar-refractivity contribution in [2.45, 2.75) is 32.9 Å². The lowest BCUT2D eigenvalue weighted by Gasteiger charge is -2.24. The third-order valence-corrected chi connectivity index (χ3v) is 3.85. The zero-order valence-corrected chi connectivity index (χ0v) is 13.9. The number of aromatic nitrogens is 2. The van der Waals surface area contributed by atoms with E-state index >= 15 is 0 Å². The number of rotatable bonds is 2. The molecule has 0 amide bonds. The predicted octanol–water partition coefficient (Wildman–Crippen LogP) is 4.27. The minimum absolute atomic E-state index is 0.104. The van der Waals surface area contributed by atoms with Gasteiger partial charge in [0, 0.05) is 12.1 Å². The first kappa shape index (κ1) is 14.4. The van der Waals surface area contributed by atoms with Crippen molar-refractivity contribution in [2.24, 2.45) is 5.73 Å². The number of imidazole rings is 1. The van der Waals surface area contributed by atoms with Gasteiger partial charge in [-0.25, -0.2) is 4.98 Å². The van der Waals surface area contributed by atoms with Crippen LogP contribution >= 0.6 is 15.9 Å². The average Bonchev–Trinajstić information content (AvgIpc) is 3.00. The van der Waals surface area contributed by atoms with Gasteiger partial charge in [-0.1, -0.05) is 6.07 Å². The second kappa shape index (κ2) is 5.00. The van der Waals surface area contributed by atoms with E-state index in [2.05, 4.69) is 47.3 Å². The van der Waals surface area contributed by atoms with E-state index in [0.29, 0.717) is 11.2 Å². The summed E-state index contributed by atoms with van der Waals surface area (Å²) in [4.78, 5) is 4.76. The lowest BCUT2D eigenvalue weighted by molar-refractivity contribution is 0.407. The van der Waals surface area contributed by atoms with Crippen molar-refractivity contribution in [3.05, 3.63) is 40.6 Å². The van der Waals surface area contributed by atoms with E-state index in [4.69, 9.17) is 15.1 Å². The zero-order valence-electron chi connectivity index (χ0n) is 12.4. The van der Waals surface area contributed by atoms with E-state index in [1.165, 1.54) is 0 Å². The van der Waals surface area contributed by atoms with Crippen LogP contribution < -0.4 is 5.73 Å². The van der Waals surface area contributed by atoms with Gasteiger partial charge in [0.1, 0.15) is 0 Å². The summed E-state index contributed by atoms with van der Waals surface area (Å²) in [7, 11) is 0. The Morgan fingerprint density at radius 1 is 1.24 bits per heavy atom. The number of benzene rings is 1. The fourth-order valence-corrected chi connectivity index (χ4v) is 2.84. The molecule has 2 N–H and O–H groups in total. The van der Waals surface area contributed by atoms with Gasteiger partial charge in [0.15, 0.2) is 16.3 Å². The van der Waals surface area contributed by atoms with Crippen LogP contribution in [0.1, 0.15) is 26.3 Å². The summed E-state index contributed by atoms with van der Waals surface area (Å²) in [6.45, 7) is 6.99. The molecule has 0 unspecified atom stereocenters. The monoisotopic (exact) mass is 347 g/mol. The highest BCUT2D eigenvalue weighted by Gasteiger charge is 2.24. The number of halogens is 1. The lowest BCUT2D eigenvalue weighted by atomic mass is 10.1. The summed E-state index contributed by atoms with van der Waals surface area (Å²) in [5.41, 5.74) is 8.73. The fraction of sp³-hybridized carbons (Fsp3) is 0.312. The van der Waals surface area contributed by atoms with Crippen molar-refractivity contribution in [3.63, 3.8) is 0 Å². The molecule has 4 nitrogen and oxygen atoms in total. The largest absolute Gasteiger partial charge is 0.446 e. The summed E-state index contributed by atoms with van der Waals surface area (Å²) in [5.74, 6) is 1.58. The molecule has 0 aliphatic rings. The fourth-order valence-electron chi connectivity index (χ4n) is 2.53. The standard InChI is InChI=1S/C16H18BrN3O/c1-16(2,3)20-12-5-4-10(9-18)8-11(12)19-15(20)13-6-7-14(17)21-13/h4-8H,9,18H2,1-3H3. The van der Waals surface area contributed by atoms with Gasteiger partial charge in [0.2, 0.25) is 0 Å². The molecule has 0 spiro atoms. The van der Waals surface area contributed by atoms with Crippen LogP contribution in [0.4, 0.5) is 0 Å². The maximum Gasteiger partial charge on any atom is 0.177 e. The first-order valence-corrected chi connectivity index (χ1v) is 7.67. The number of furan rings is 1. The molecular formula is C16H18BrN3O. The second-order valence-electron chi connectivity index (χ2n) is 6.07. The van der Waals surface area contributed by atoms with Gasteiger partial charge in [0.05, 0.1) is 11.0 Å². The Balaban J connectivity index is 2.32. The highest BCUT2D eigenvalue weighted by atomic mass is 79.9. The molecule has 0 bridgehead atoms. The molecule has 3 aromatic rings. The lowest BCUT2D eigenvalue weighted by Crippen LogP contribution is -2.22. The first-order valence-electron chi connectivity index (χ1n) is 6.88. The Bertz CT molecular complexity index is 796. The van der Waals surface area contributed by atoms with Crippen LogP contribution in [-0.4, -0.2) is 9.55 Å². The zero-order chi connectivity index (χ0) is 15.2. The van der Waals surface area contributed by atoms with Gasteiger partial charge in [-0.15, -0.1) is 0 Å². The number of fused-ring (bicyclic) bond motifs is 1. The summed E-state index contributed by atoms with van der Waals surface area (Å²) in [6, 6.07) is 9.98. The molecule has 0 radical (unpaired) electrons. The Morgan fingerprint density at radius 3 is 2.57 bits per heavy atom. The third-order valence-electron chi connectivity index (χ3n) is 3.42. The molecule has 5 heteroatoms. The molecule has 0 aliphatic carbocycles. The Hall–Kier alpha value is -1.59. The molecule has 3 rings (SSSR count). The van der Waals surface area contributed by atoms with Gasteiger partial charge in [-0.3, -0.25) is 0 Å². The van der Waals surface area contributed by atoms with Crippen LogP contribution in [0.15, 0.2) is 39.4 Å². The molecule has 21 heavy (non-hydrogen) atoms. The quantitative estimate of drug-likeness (QED) is 0.752. The second-order valence-corrected chi connectivity index (χ2v) is 6.85. The van der Waals surface area contributed by atoms with Crippen LogP contribution in [0.2, 0.25) is 0 Å². The van der Waals surface area contributed by atoms with Gasteiger partial charge in [-0.05, 0) is 66.5 Å². The van der Waals surface area contributed by atoms with E-state index in [0.717, 1.165) is 28.2 Å². The smallest absolute Gasteiger partial charge is 0.177 e. The highest BCUT2D eigenvalue weighted by molar-refractivity contribution is 9.10. The molecule has 0 atom stereocenters. The minimum atomic E-state index is -0.104. The molecule has 2 aromatic heterocycles. The van der Waals surface area contributed by atoms with Crippen LogP contribution in [0.3, 0.4) is 0 Å². The van der Waals surface area contributed by atoms with E-state index in [1.54, 1.807) is 0 Å². The molecule has 0 aliphatic heterocycles. The number of nitrogens with two attached hydrogens (primary N) is 1. The van der Waals surface area contributed by atoms with Gasteiger partial charge >= 0.3 is 0 Å². The Kier molecular flexibility index (Phi) is 3.42. The van der Waals surface area contributed by atoms with Crippen molar-refractivity contribution >= 4 is 27.0 Å². The summed E-state index contributed by atoms with van der Waals surface area (Å²) in [6.07, 6.45) is 0. The molecule has 0 saturated carbocycles. The van der Waals surface area contributed by atoms with Crippen molar-refractivity contribution in [1.29, 1.82) is 0 Å². The maximum atomic E-state index is 5.73. The van der Waals surface area contributed by atoms with Crippen LogP contribution in [0, 0.1) is 0 Å². The molecule has 0 saturated heterocycles. The van der Waals surface area contributed by atoms with Crippen LogP contribution in [0.25, 0.3) is 22.6 Å². The molecule has 2 heterocycles. The van der Waals surface area contributed by atoms with Crippen molar-refractivity contribution in [3.8, 4) is 11.6 Å². The molecule has 1 aromatic carbocycles. The summed E-state index contributed by atoms with van der Waals surface area (Å²) < 4.78 is 8.60. The van der Waals surface area contributed by atoms with E-state index < -0.39 is 0 Å². The number of hydrogen-bond donors (Lipinski definition) is 1. The van der Waals surface area contributed by atoms with Crippen LogP contribution in [-0.2, 0) is 12.1 Å². The topological polar surface area (TPSA) is 57.0 Å². The van der Waals surface area contributed by atoms with Gasteiger partial charge < -0.3 is 14.7 Å². The molecule has 0 fully saturated rings. The SMILES string of the molecule is CC(C)(C)n1c(-c2ccc(Br)o2)nc2cc(CN)ccc21. The van der Waals surface area contributed by atoms with Gasteiger partial charge in [0.25, 0.3) is 0 Å². The highest BCUT2D eigenvalue weighted by Crippen LogP contribution is 2.33. The van der Waals surface area contributed by atoms with Crippen LogP contribution in [0.5, 0.6) is 0 Å². The number of hydrogen-bond acceptors (Lipinski definition) is 3. The van der Waals surface area contributed by atoms with Gasteiger partial charge in [-0.2, -0.15) is 0 Å². The molecular weight excluding hydrogens is 330 g/mol. The Morgan fingerprint density at radius 2 is 2.00 bits per heavy atom. The first-order chi connectivity index (χ1) is 9.90. The third kappa shape index (κ3) is 2.51. The summed E-state index contributed by atoms with van der Waals surface area (Å²) >= 11 is 3.35. The average molecular weight is 348 g/mol. The normalized spacial score (nSPS) is 12.2. The van der Waals surface area contributed by atoms with E-state index in [-0.39, 0.29) is 5.54 Å². The Labute approximate surface area is 132 Å². The van der Waals surface area contributed by atoms with Crippen molar-refractivity contribution < 1.29 is 4.42 Å². The van der Waals surface area contributed by atoms with Crippen molar-refractivity contribution in [2.75, 3.05) is 0 Å². The molecule has 110 valence electrons. The number of nitrogens with zero attached hydrogens (tertiary/aromatic N) is 2.